The largest absolute Gasteiger partial charge is 0.391 e. The van der Waals surface area contributed by atoms with Crippen LogP contribution in [0.1, 0.15) is 25.1 Å². The highest BCUT2D eigenvalue weighted by atomic mass is 16.3. The summed E-state index contributed by atoms with van der Waals surface area (Å²) in [6.07, 6.45) is 3.75. The Morgan fingerprint density at radius 1 is 1.69 bits per heavy atom. The molecule has 0 aliphatic carbocycles. The van der Waals surface area contributed by atoms with Gasteiger partial charge in [0.25, 0.3) is 0 Å². The molecule has 2 N–H and O–H groups in total. The van der Waals surface area contributed by atoms with Gasteiger partial charge in [-0.3, -0.25) is 9.89 Å². The first-order valence-corrected chi connectivity index (χ1v) is 5.56. The second kappa shape index (κ2) is 5.07. The maximum absolute atomic E-state index is 11.8. The number of carbonyl (C=O) groups is 1. The maximum atomic E-state index is 11.8. The molecule has 1 atom stereocenters. The Morgan fingerprint density at radius 2 is 2.56 bits per heavy atom. The monoisotopic (exact) mass is 224 g/mol. The van der Waals surface area contributed by atoms with Gasteiger partial charge in [0, 0.05) is 25.9 Å². The topological polar surface area (TPSA) is 82.1 Å². The van der Waals surface area contributed by atoms with Gasteiger partial charge in [-0.1, -0.05) is 0 Å². The normalized spacial score (nSPS) is 21.1. The Balaban J connectivity index is 1.79. The van der Waals surface area contributed by atoms with Crippen molar-refractivity contribution in [2.75, 3.05) is 13.1 Å². The minimum Gasteiger partial charge on any atom is -0.391 e. The molecule has 0 spiro atoms. The lowest BCUT2D eigenvalue weighted by molar-refractivity contribution is -0.134. The standard InChI is InChI=1S/C10H16N4O2/c15-8-2-1-5-14(6-8)10(16)4-3-9-11-7-12-13-9/h7-8,15H,1-6H2,(H,11,12,13). The number of rotatable bonds is 3. The van der Waals surface area contributed by atoms with Gasteiger partial charge in [-0.15, -0.1) is 0 Å². The number of likely N-dealkylation sites (tertiary alicyclic amines) is 1. The summed E-state index contributed by atoms with van der Waals surface area (Å²) in [6.45, 7) is 1.22. The number of nitrogens with zero attached hydrogens (tertiary/aromatic N) is 3. The van der Waals surface area contributed by atoms with Crippen molar-refractivity contribution < 1.29 is 9.90 Å². The predicted octanol–water partition coefficient (Wildman–Crippen LogP) is -0.279. The Morgan fingerprint density at radius 3 is 3.25 bits per heavy atom. The van der Waals surface area contributed by atoms with Crippen LogP contribution in [0.2, 0.25) is 0 Å². The summed E-state index contributed by atoms with van der Waals surface area (Å²) >= 11 is 0. The van der Waals surface area contributed by atoms with Crippen molar-refractivity contribution in [3.8, 4) is 0 Å². The quantitative estimate of drug-likeness (QED) is 0.740. The number of piperidine rings is 1. The van der Waals surface area contributed by atoms with Gasteiger partial charge in [-0.2, -0.15) is 5.10 Å². The average Bonchev–Trinajstić information content (AvgIpc) is 2.78. The van der Waals surface area contributed by atoms with Crippen molar-refractivity contribution in [2.24, 2.45) is 0 Å². The molecule has 1 aromatic heterocycles. The van der Waals surface area contributed by atoms with Gasteiger partial charge in [0.05, 0.1) is 6.10 Å². The number of aromatic nitrogens is 3. The fraction of sp³-hybridized carbons (Fsp3) is 0.700. The molecule has 1 fully saturated rings. The molecule has 2 heterocycles. The highest BCUT2D eigenvalue weighted by molar-refractivity contribution is 5.76. The Bertz CT molecular complexity index is 339. The Kier molecular flexibility index (Phi) is 3.51. The van der Waals surface area contributed by atoms with Gasteiger partial charge < -0.3 is 10.0 Å². The highest BCUT2D eigenvalue weighted by Crippen LogP contribution is 2.11. The van der Waals surface area contributed by atoms with E-state index in [0.717, 1.165) is 25.2 Å². The molecule has 1 aromatic rings. The smallest absolute Gasteiger partial charge is 0.223 e. The zero-order valence-corrected chi connectivity index (χ0v) is 9.09. The van der Waals surface area contributed by atoms with Crippen molar-refractivity contribution in [2.45, 2.75) is 31.8 Å². The van der Waals surface area contributed by atoms with E-state index in [0.29, 0.717) is 19.4 Å². The van der Waals surface area contributed by atoms with E-state index in [1.54, 1.807) is 4.90 Å². The number of nitrogens with one attached hydrogen (secondary N) is 1. The van der Waals surface area contributed by atoms with E-state index in [-0.39, 0.29) is 12.0 Å². The zero-order valence-electron chi connectivity index (χ0n) is 9.09. The first-order chi connectivity index (χ1) is 7.75. The SMILES string of the molecule is O=C(CCc1ncn[nH]1)N1CCCC(O)C1. The lowest BCUT2D eigenvalue weighted by Gasteiger charge is -2.30. The van der Waals surface area contributed by atoms with E-state index in [1.165, 1.54) is 6.33 Å². The number of aliphatic hydroxyl groups excluding tert-OH is 1. The molecular formula is C10H16N4O2. The lowest BCUT2D eigenvalue weighted by Crippen LogP contribution is -2.42. The molecule has 6 nitrogen and oxygen atoms in total. The van der Waals surface area contributed by atoms with Crippen LogP contribution in [0.3, 0.4) is 0 Å². The van der Waals surface area contributed by atoms with Crippen molar-refractivity contribution in [1.29, 1.82) is 0 Å². The van der Waals surface area contributed by atoms with Gasteiger partial charge >= 0.3 is 0 Å². The van der Waals surface area contributed by atoms with E-state index in [1.807, 2.05) is 0 Å². The molecular weight excluding hydrogens is 208 g/mol. The molecule has 0 radical (unpaired) electrons. The molecule has 1 aliphatic rings. The van der Waals surface area contributed by atoms with E-state index in [4.69, 9.17) is 0 Å². The Labute approximate surface area is 93.7 Å². The number of carbonyl (C=O) groups excluding carboxylic acids is 1. The highest BCUT2D eigenvalue weighted by Gasteiger charge is 2.21. The number of aromatic amines is 1. The van der Waals surface area contributed by atoms with Crippen LogP contribution >= 0.6 is 0 Å². The van der Waals surface area contributed by atoms with Crippen LogP contribution < -0.4 is 0 Å². The molecule has 0 bridgehead atoms. The fourth-order valence-electron chi connectivity index (χ4n) is 1.92. The molecule has 88 valence electrons. The van der Waals surface area contributed by atoms with Gasteiger partial charge in [-0.05, 0) is 12.8 Å². The molecule has 0 aromatic carbocycles. The van der Waals surface area contributed by atoms with Crippen LogP contribution in [0.4, 0.5) is 0 Å². The number of hydrogen-bond donors (Lipinski definition) is 2. The van der Waals surface area contributed by atoms with Crippen molar-refractivity contribution >= 4 is 5.91 Å². The molecule has 6 heteroatoms. The van der Waals surface area contributed by atoms with Gasteiger partial charge in [0.15, 0.2) is 0 Å². The first kappa shape index (κ1) is 11.1. The molecule has 1 saturated heterocycles. The van der Waals surface area contributed by atoms with E-state index in [9.17, 15) is 9.90 Å². The molecule has 1 amide bonds. The number of H-pyrrole nitrogens is 1. The molecule has 1 unspecified atom stereocenters. The third kappa shape index (κ3) is 2.79. The third-order valence-corrected chi connectivity index (χ3v) is 2.79. The van der Waals surface area contributed by atoms with Crippen LogP contribution in [0.25, 0.3) is 0 Å². The number of hydrogen-bond acceptors (Lipinski definition) is 4. The average molecular weight is 224 g/mol. The van der Waals surface area contributed by atoms with Crippen molar-refractivity contribution in [3.63, 3.8) is 0 Å². The van der Waals surface area contributed by atoms with Gasteiger partial charge in [0.2, 0.25) is 5.91 Å². The van der Waals surface area contributed by atoms with E-state index in [2.05, 4.69) is 15.2 Å². The van der Waals surface area contributed by atoms with Crippen molar-refractivity contribution in [1.82, 2.24) is 20.1 Å². The van der Waals surface area contributed by atoms with Crippen LogP contribution in [0.5, 0.6) is 0 Å². The van der Waals surface area contributed by atoms with Crippen LogP contribution in [0.15, 0.2) is 6.33 Å². The summed E-state index contributed by atoms with van der Waals surface area (Å²) in [5, 5.41) is 15.9. The maximum Gasteiger partial charge on any atom is 0.223 e. The predicted molar refractivity (Wildman–Crippen MR) is 56.5 cm³/mol. The summed E-state index contributed by atoms with van der Waals surface area (Å²) in [5.41, 5.74) is 0. The Hall–Kier alpha value is -1.43. The van der Waals surface area contributed by atoms with Crippen molar-refractivity contribution in [3.05, 3.63) is 12.2 Å². The summed E-state index contributed by atoms with van der Waals surface area (Å²) in [5.74, 6) is 0.807. The number of β-amino-alcohol motifs (C(OH)–C–C–N with tert-alkyl or cyclic N) is 1. The second-order valence-corrected chi connectivity index (χ2v) is 4.07. The summed E-state index contributed by atoms with van der Waals surface area (Å²) < 4.78 is 0. The van der Waals surface area contributed by atoms with Gasteiger partial charge in [-0.25, -0.2) is 4.98 Å². The number of aliphatic hydroxyl groups is 1. The van der Waals surface area contributed by atoms with Gasteiger partial charge in [0.1, 0.15) is 12.2 Å². The fourth-order valence-corrected chi connectivity index (χ4v) is 1.92. The summed E-state index contributed by atoms with van der Waals surface area (Å²) in [7, 11) is 0. The number of aryl methyl sites for hydroxylation is 1. The molecule has 2 rings (SSSR count). The zero-order chi connectivity index (χ0) is 11.4. The third-order valence-electron chi connectivity index (χ3n) is 2.79. The second-order valence-electron chi connectivity index (χ2n) is 4.07. The van der Waals surface area contributed by atoms with E-state index >= 15 is 0 Å². The van der Waals surface area contributed by atoms with Crippen LogP contribution in [-0.4, -0.2) is 50.3 Å². The lowest BCUT2D eigenvalue weighted by atomic mass is 10.1. The molecule has 0 saturated carbocycles. The minimum absolute atomic E-state index is 0.0788. The molecule has 1 aliphatic heterocycles. The molecule has 16 heavy (non-hydrogen) atoms. The summed E-state index contributed by atoms with van der Waals surface area (Å²) in [4.78, 5) is 17.5. The first-order valence-electron chi connectivity index (χ1n) is 5.56. The van der Waals surface area contributed by atoms with E-state index < -0.39 is 0 Å². The minimum atomic E-state index is -0.358. The van der Waals surface area contributed by atoms with Crippen LogP contribution in [0, 0.1) is 0 Å². The summed E-state index contributed by atoms with van der Waals surface area (Å²) in [6, 6.07) is 0. The number of amides is 1. The van der Waals surface area contributed by atoms with Crippen LogP contribution in [-0.2, 0) is 11.2 Å².